The van der Waals surface area contributed by atoms with Gasteiger partial charge in [0, 0.05) is 58.7 Å². The molecule has 0 amide bonds. The highest BCUT2D eigenvalue weighted by Crippen LogP contribution is 2.22. The topological polar surface area (TPSA) is 78.9 Å². The first-order valence-electron chi connectivity index (χ1n) is 10.5. The molecule has 2 aliphatic rings. The second kappa shape index (κ2) is 9.46. The highest BCUT2D eigenvalue weighted by atomic mass is 32.2. The summed E-state index contributed by atoms with van der Waals surface area (Å²) in [5.74, 6) is 0.977. The molecule has 0 bridgehead atoms. The number of piperazine rings is 1. The number of anilines is 1. The van der Waals surface area contributed by atoms with Crippen LogP contribution in [0.4, 0.5) is 10.3 Å². The van der Waals surface area contributed by atoms with Crippen molar-refractivity contribution in [2.75, 3.05) is 50.4 Å². The van der Waals surface area contributed by atoms with Gasteiger partial charge in [0.2, 0.25) is 16.0 Å². The van der Waals surface area contributed by atoms with Gasteiger partial charge in [-0.05, 0) is 17.7 Å². The molecule has 2 fully saturated rings. The van der Waals surface area contributed by atoms with Gasteiger partial charge in [0.1, 0.15) is 11.9 Å². The summed E-state index contributed by atoms with van der Waals surface area (Å²) >= 11 is 0. The predicted molar refractivity (Wildman–Crippen MR) is 116 cm³/mol. The predicted octanol–water partition coefficient (Wildman–Crippen LogP) is 1.74. The van der Waals surface area contributed by atoms with Crippen LogP contribution in [0.25, 0.3) is 0 Å². The molecule has 3 heterocycles. The zero-order valence-electron chi connectivity index (χ0n) is 17.7. The monoisotopic (exact) mass is 449 g/mol. The second-order valence-electron chi connectivity index (χ2n) is 8.09. The third kappa shape index (κ3) is 5.90. The molecule has 8 nitrogen and oxygen atoms in total. The number of sulfonamides is 1. The lowest BCUT2D eigenvalue weighted by Gasteiger charge is -2.33. The standard InChI is InChI=1S/C21H28FN5O3S/c1-31(28,29)27-12-10-25(11-13-27)16-17-2-4-19(5-3-17)30-20-6-8-26(9-7-20)21-23-14-18(22)15-24-21/h2-5,14-15,20H,6-13,16H2,1H3. The fourth-order valence-corrected chi connectivity index (χ4v) is 4.81. The fourth-order valence-electron chi connectivity index (χ4n) is 3.99. The van der Waals surface area contributed by atoms with Crippen LogP contribution in [0, 0.1) is 5.82 Å². The Morgan fingerprint density at radius 1 is 1.00 bits per heavy atom. The van der Waals surface area contributed by atoms with Crippen molar-refractivity contribution in [3.63, 3.8) is 0 Å². The van der Waals surface area contributed by atoms with E-state index in [1.54, 1.807) is 0 Å². The molecule has 0 unspecified atom stereocenters. The minimum Gasteiger partial charge on any atom is -0.490 e. The summed E-state index contributed by atoms with van der Waals surface area (Å²) < 4.78 is 43.9. The Balaban J connectivity index is 1.23. The average molecular weight is 450 g/mol. The summed E-state index contributed by atoms with van der Waals surface area (Å²) in [4.78, 5) is 12.4. The number of rotatable bonds is 6. The van der Waals surface area contributed by atoms with E-state index in [1.165, 1.54) is 28.5 Å². The summed E-state index contributed by atoms with van der Waals surface area (Å²) in [6, 6.07) is 8.13. The van der Waals surface area contributed by atoms with E-state index < -0.39 is 15.8 Å². The highest BCUT2D eigenvalue weighted by Gasteiger charge is 2.24. The van der Waals surface area contributed by atoms with Crippen molar-refractivity contribution in [3.05, 3.63) is 48.0 Å². The molecule has 0 atom stereocenters. The van der Waals surface area contributed by atoms with Crippen molar-refractivity contribution in [2.45, 2.75) is 25.5 Å². The van der Waals surface area contributed by atoms with Crippen molar-refractivity contribution in [1.82, 2.24) is 19.2 Å². The van der Waals surface area contributed by atoms with Crippen LogP contribution in [-0.4, -0.2) is 79.2 Å². The molecule has 31 heavy (non-hydrogen) atoms. The Hall–Kier alpha value is -2.30. The van der Waals surface area contributed by atoms with Crippen LogP contribution < -0.4 is 9.64 Å². The van der Waals surface area contributed by atoms with Gasteiger partial charge < -0.3 is 9.64 Å². The molecule has 168 valence electrons. The van der Waals surface area contributed by atoms with Crippen LogP contribution in [0.2, 0.25) is 0 Å². The SMILES string of the molecule is CS(=O)(=O)N1CCN(Cc2ccc(OC3CCN(c4ncc(F)cn4)CC3)cc2)CC1. The molecule has 0 aliphatic carbocycles. The van der Waals surface area contributed by atoms with E-state index in [-0.39, 0.29) is 6.10 Å². The number of nitrogens with zero attached hydrogens (tertiary/aromatic N) is 5. The lowest BCUT2D eigenvalue weighted by Crippen LogP contribution is -2.47. The Bertz CT molecular complexity index is 956. The minimum atomic E-state index is -3.10. The number of benzene rings is 1. The maximum Gasteiger partial charge on any atom is 0.225 e. The van der Waals surface area contributed by atoms with Gasteiger partial charge in [0.25, 0.3) is 0 Å². The lowest BCUT2D eigenvalue weighted by molar-refractivity contribution is 0.170. The Morgan fingerprint density at radius 3 is 2.19 bits per heavy atom. The second-order valence-corrected chi connectivity index (χ2v) is 10.1. The van der Waals surface area contributed by atoms with E-state index in [0.717, 1.165) is 51.3 Å². The third-order valence-electron chi connectivity index (χ3n) is 5.76. The van der Waals surface area contributed by atoms with Crippen LogP contribution in [0.1, 0.15) is 18.4 Å². The van der Waals surface area contributed by atoms with Gasteiger partial charge in [-0.2, -0.15) is 4.31 Å². The minimum absolute atomic E-state index is 0.131. The summed E-state index contributed by atoms with van der Waals surface area (Å²) in [5.41, 5.74) is 1.18. The van der Waals surface area contributed by atoms with Crippen molar-refractivity contribution in [2.24, 2.45) is 0 Å². The largest absolute Gasteiger partial charge is 0.490 e. The number of hydrogen-bond acceptors (Lipinski definition) is 7. The highest BCUT2D eigenvalue weighted by molar-refractivity contribution is 7.88. The van der Waals surface area contributed by atoms with Gasteiger partial charge in [-0.3, -0.25) is 4.90 Å². The van der Waals surface area contributed by atoms with Crippen LogP contribution in [-0.2, 0) is 16.6 Å². The molecule has 2 saturated heterocycles. The normalized spacial score (nSPS) is 19.5. The average Bonchev–Trinajstić information content (AvgIpc) is 2.76. The first kappa shape index (κ1) is 21.9. The molecule has 0 saturated carbocycles. The Kier molecular flexibility index (Phi) is 6.68. The summed E-state index contributed by atoms with van der Waals surface area (Å²) in [5, 5.41) is 0. The lowest BCUT2D eigenvalue weighted by atomic mass is 10.1. The maximum atomic E-state index is 13.0. The first-order chi connectivity index (χ1) is 14.9. The van der Waals surface area contributed by atoms with Gasteiger partial charge in [-0.25, -0.2) is 22.8 Å². The fraction of sp³-hybridized carbons (Fsp3) is 0.524. The van der Waals surface area contributed by atoms with E-state index in [2.05, 4.69) is 27.0 Å². The molecular formula is C21H28FN5O3S. The maximum absolute atomic E-state index is 13.0. The quantitative estimate of drug-likeness (QED) is 0.665. The molecule has 2 aromatic rings. The van der Waals surface area contributed by atoms with Crippen LogP contribution in [0.5, 0.6) is 5.75 Å². The molecule has 2 aliphatic heterocycles. The number of ether oxygens (including phenoxy) is 1. The van der Waals surface area contributed by atoms with Gasteiger partial charge in [-0.15, -0.1) is 0 Å². The number of aromatic nitrogens is 2. The van der Waals surface area contributed by atoms with Crippen molar-refractivity contribution in [3.8, 4) is 5.75 Å². The molecule has 1 aromatic heterocycles. The van der Waals surface area contributed by atoms with Crippen LogP contribution in [0.3, 0.4) is 0 Å². The molecular weight excluding hydrogens is 421 g/mol. The zero-order valence-corrected chi connectivity index (χ0v) is 18.5. The van der Waals surface area contributed by atoms with Gasteiger partial charge in [0.15, 0.2) is 5.82 Å². The smallest absolute Gasteiger partial charge is 0.225 e. The van der Waals surface area contributed by atoms with Crippen molar-refractivity contribution in [1.29, 1.82) is 0 Å². The van der Waals surface area contributed by atoms with Gasteiger partial charge >= 0.3 is 0 Å². The molecule has 10 heteroatoms. The van der Waals surface area contributed by atoms with E-state index in [0.29, 0.717) is 19.0 Å². The third-order valence-corrected chi connectivity index (χ3v) is 7.07. The van der Waals surface area contributed by atoms with Crippen molar-refractivity contribution >= 4 is 16.0 Å². The summed E-state index contributed by atoms with van der Waals surface area (Å²) in [6.07, 6.45) is 5.49. The van der Waals surface area contributed by atoms with E-state index in [9.17, 15) is 12.8 Å². The van der Waals surface area contributed by atoms with Crippen molar-refractivity contribution < 1.29 is 17.5 Å². The van der Waals surface area contributed by atoms with E-state index in [1.807, 2.05) is 17.0 Å². The molecule has 4 rings (SSSR count). The van der Waals surface area contributed by atoms with Gasteiger partial charge in [0.05, 0.1) is 18.6 Å². The van der Waals surface area contributed by atoms with Crippen LogP contribution >= 0.6 is 0 Å². The molecule has 0 spiro atoms. The van der Waals surface area contributed by atoms with Gasteiger partial charge in [-0.1, -0.05) is 12.1 Å². The number of hydrogen-bond donors (Lipinski definition) is 0. The molecule has 1 aromatic carbocycles. The molecule has 0 N–H and O–H groups in total. The Labute approximate surface area is 182 Å². The summed E-state index contributed by atoms with van der Waals surface area (Å²) in [7, 11) is -3.10. The number of piperidine rings is 1. The van der Waals surface area contributed by atoms with E-state index >= 15 is 0 Å². The Morgan fingerprint density at radius 2 is 1.61 bits per heavy atom. The summed E-state index contributed by atoms with van der Waals surface area (Å²) in [6.45, 7) is 4.91. The number of halogens is 1. The zero-order chi connectivity index (χ0) is 21.8. The van der Waals surface area contributed by atoms with E-state index in [4.69, 9.17) is 4.74 Å². The molecule has 0 radical (unpaired) electrons. The first-order valence-corrected chi connectivity index (χ1v) is 12.4. The van der Waals surface area contributed by atoms with Crippen LogP contribution in [0.15, 0.2) is 36.7 Å².